The summed E-state index contributed by atoms with van der Waals surface area (Å²) in [5.74, 6) is -2.67. The molecule has 16 nitrogen and oxygen atoms in total. The molecule has 4 amide bonds. The molecule has 4 rings (SSSR count). The van der Waals surface area contributed by atoms with E-state index in [1.807, 2.05) is 12.1 Å². The van der Waals surface area contributed by atoms with Crippen molar-refractivity contribution in [2.45, 2.75) is 90.1 Å². The first-order valence-corrected chi connectivity index (χ1v) is 18.8. The van der Waals surface area contributed by atoms with Crippen LogP contribution in [0.2, 0.25) is 0 Å². The molecular formula is C44H52N4O12. The summed E-state index contributed by atoms with van der Waals surface area (Å²) < 4.78 is 20.7. The summed E-state index contributed by atoms with van der Waals surface area (Å²) in [5.41, 5.74) is 0.938. The fourth-order valence-electron chi connectivity index (χ4n) is 5.27. The monoisotopic (exact) mass is 828 g/mol. The molecular weight excluding hydrogens is 776 g/mol. The summed E-state index contributed by atoms with van der Waals surface area (Å²) in [6.07, 6.45) is -3.44. The van der Waals surface area contributed by atoms with Crippen molar-refractivity contribution in [3.05, 3.63) is 144 Å². The largest absolute Gasteiger partial charge is 0.480 e. The second-order valence-electron chi connectivity index (χ2n) is 15.1. The average molecular weight is 829 g/mol. The maximum Gasteiger partial charge on any atom is 0.408 e. The molecule has 0 spiro atoms. The SMILES string of the molecule is CC(C)(C)OC(=O)N[C@@H](c1ccccc1)[C@@H](NC(=O)OCc1ccccc1)C(=O)O.CC(C)(C)OC(=O)N[C@H](c1ccccc1)[C@H](NC(=O)OCc1ccccc1)C(=O)O. The van der Waals surface area contributed by atoms with Crippen molar-refractivity contribution < 1.29 is 57.9 Å². The van der Waals surface area contributed by atoms with Gasteiger partial charge in [-0.25, -0.2) is 28.8 Å². The maximum absolute atomic E-state index is 12.3. The molecule has 0 aliphatic carbocycles. The van der Waals surface area contributed by atoms with Crippen LogP contribution in [0.4, 0.5) is 19.2 Å². The molecule has 6 N–H and O–H groups in total. The summed E-state index contributed by atoms with van der Waals surface area (Å²) in [6.45, 7) is 10.1. The van der Waals surface area contributed by atoms with E-state index in [1.165, 1.54) is 0 Å². The number of hydrogen-bond acceptors (Lipinski definition) is 10. The van der Waals surface area contributed by atoms with E-state index in [9.17, 15) is 39.0 Å². The number of carbonyl (C=O) groups is 6. The highest BCUT2D eigenvalue weighted by atomic mass is 16.6. The number of amides is 4. The molecule has 60 heavy (non-hydrogen) atoms. The first-order valence-electron chi connectivity index (χ1n) is 18.8. The van der Waals surface area contributed by atoms with Gasteiger partial charge in [0.15, 0.2) is 12.1 Å². The van der Waals surface area contributed by atoms with Gasteiger partial charge in [0.25, 0.3) is 0 Å². The molecule has 4 aromatic rings. The Bertz CT molecular complexity index is 1840. The molecule has 0 aromatic heterocycles. The quantitative estimate of drug-likeness (QED) is 0.0690. The molecule has 0 bridgehead atoms. The summed E-state index contributed by atoms with van der Waals surface area (Å²) >= 11 is 0. The first-order chi connectivity index (χ1) is 28.3. The highest BCUT2D eigenvalue weighted by molar-refractivity contribution is 5.83. The Hall–Kier alpha value is -7.10. The lowest BCUT2D eigenvalue weighted by Gasteiger charge is -2.28. The zero-order valence-electron chi connectivity index (χ0n) is 34.2. The number of rotatable bonds is 14. The Kier molecular flexibility index (Phi) is 17.9. The Labute approximate surface area is 348 Å². The number of nitrogens with one attached hydrogen (secondary N) is 4. The van der Waals surface area contributed by atoms with Crippen LogP contribution in [-0.2, 0) is 41.8 Å². The van der Waals surface area contributed by atoms with Crippen LogP contribution in [0.25, 0.3) is 0 Å². The lowest BCUT2D eigenvalue weighted by atomic mass is 9.99. The van der Waals surface area contributed by atoms with Crippen LogP contribution in [0, 0.1) is 0 Å². The summed E-state index contributed by atoms with van der Waals surface area (Å²) in [5, 5.41) is 29.2. The predicted molar refractivity (Wildman–Crippen MR) is 219 cm³/mol. The number of ether oxygens (including phenoxy) is 4. The summed E-state index contributed by atoms with van der Waals surface area (Å²) in [6, 6.07) is 29.7. The van der Waals surface area contributed by atoms with E-state index in [2.05, 4.69) is 21.3 Å². The van der Waals surface area contributed by atoms with Gasteiger partial charge in [-0.2, -0.15) is 0 Å². The van der Waals surface area contributed by atoms with Gasteiger partial charge in [-0.1, -0.05) is 121 Å². The van der Waals surface area contributed by atoms with Crippen LogP contribution < -0.4 is 21.3 Å². The van der Waals surface area contributed by atoms with Crippen molar-refractivity contribution in [2.75, 3.05) is 0 Å². The Morgan fingerprint density at radius 3 is 1.00 bits per heavy atom. The van der Waals surface area contributed by atoms with Crippen LogP contribution in [0.5, 0.6) is 0 Å². The number of benzene rings is 4. The number of hydrogen-bond donors (Lipinski definition) is 6. The second kappa shape index (κ2) is 22.7. The smallest absolute Gasteiger partial charge is 0.408 e. The van der Waals surface area contributed by atoms with Crippen molar-refractivity contribution in [3.8, 4) is 0 Å². The van der Waals surface area contributed by atoms with Crippen LogP contribution in [0.15, 0.2) is 121 Å². The lowest BCUT2D eigenvalue weighted by molar-refractivity contribution is -0.141. The van der Waals surface area contributed by atoms with Crippen molar-refractivity contribution in [2.24, 2.45) is 0 Å². The number of carbonyl (C=O) groups excluding carboxylic acids is 4. The van der Waals surface area contributed by atoms with Crippen LogP contribution >= 0.6 is 0 Å². The lowest BCUT2D eigenvalue weighted by Crippen LogP contribution is -2.51. The zero-order valence-corrected chi connectivity index (χ0v) is 34.2. The average Bonchev–Trinajstić information content (AvgIpc) is 3.19. The summed E-state index contributed by atoms with van der Waals surface area (Å²) in [4.78, 5) is 72.9. The Morgan fingerprint density at radius 1 is 0.450 bits per heavy atom. The van der Waals surface area contributed by atoms with Gasteiger partial charge >= 0.3 is 36.3 Å². The molecule has 0 saturated heterocycles. The maximum atomic E-state index is 12.3. The Morgan fingerprint density at radius 2 is 0.733 bits per heavy atom. The van der Waals surface area contributed by atoms with Gasteiger partial charge in [0.05, 0.1) is 12.1 Å². The number of carboxylic acid groups (broad SMARTS) is 2. The van der Waals surface area contributed by atoms with E-state index in [-0.39, 0.29) is 13.2 Å². The van der Waals surface area contributed by atoms with Gasteiger partial charge in [-0.15, -0.1) is 0 Å². The third kappa shape index (κ3) is 17.6. The minimum absolute atomic E-state index is 0.0193. The van der Waals surface area contributed by atoms with Crippen molar-refractivity contribution >= 4 is 36.3 Å². The van der Waals surface area contributed by atoms with Gasteiger partial charge in [-0.05, 0) is 63.8 Å². The normalized spacial score (nSPS) is 12.9. The fraction of sp³-hybridized carbons (Fsp3) is 0.318. The molecule has 4 aromatic carbocycles. The van der Waals surface area contributed by atoms with Gasteiger partial charge < -0.3 is 50.4 Å². The minimum Gasteiger partial charge on any atom is -0.480 e. The summed E-state index contributed by atoms with van der Waals surface area (Å²) in [7, 11) is 0. The number of alkyl carbamates (subject to hydrolysis) is 4. The van der Waals surface area contributed by atoms with E-state index in [1.54, 1.807) is 151 Å². The molecule has 0 unspecified atom stereocenters. The molecule has 0 aliphatic rings. The molecule has 0 aliphatic heterocycles. The number of carboxylic acids is 2. The van der Waals surface area contributed by atoms with Crippen molar-refractivity contribution in [1.82, 2.24) is 21.3 Å². The second-order valence-corrected chi connectivity index (χ2v) is 15.1. The molecule has 0 radical (unpaired) electrons. The van der Waals surface area contributed by atoms with E-state index in [4.69, 9.17) is 18.9 Å². The third-order valence-electron chi connectivity index (χ3n) is 7.83. The van der Waals surface area contributed by atoms with Gasteiger partial charge in [0, 0.05) is 0 Å². The van der Waals surface area contributed by atoms with E-state index in [0.29, 0.717) is 11.1 Å². The standard InChI is InChI=1S/2C22H26N2O6/c2*1-22(2,3)30-21(28)23-17(16-12-8-5-9-13-16)18(19(25)26)24-20(27)29-14-15-10-6-4-7-11-15/h2*4-13,17-18H,14H2,1-3H3,(H,23,28)(H,24,27)(H,25,26)/t2*17-,18+/m10/s1. The molecule has 4 atom stereocenters. The van der Waals surface area contributed by atoms with Crippen molar-refractivity contribution in [3.63, 3.8) is 0 Å². The van der Waals surface area contributed by atoms with E-state index in [0.717, 1.165) is 11.1 Å². The van der Waals surface area contributed by atoms with Gasteiger partial charge in [-0.3, -0.25) is 0 Å². The third-order valence-corrected chi connectivity index (χ3v) is 7.83. The zero-order chi connectivity index (χ0) is 44.3. The van der Waals surface area contributed by atoms with Crippen molar-refractivity contribution in [1.29, 1.82) is 0 Å². The van der Waals surface area contributed by atoms with E-state index >= 15 is 0 Å². The van der Waals surface area contributed by atoms with Gasteiger partial charge in [0.2, 0.25) is 0 Å². The fourth-order valence-corrected chi connectivity index (χ4v) is 5.27. The molecule has 16 heteroatoms. The predicted octanol–water partition coefficient (Wildman–Crippen LogP) is 7.26. The molecule has 0 heterocycles. The highest BCUT2D eigenvalue weighted by Gasteiger charge is 2.35. The minimum atomic E-state index is -1.48. The highest BCUT2D eigenvalue weighted by Crippen LogP contribution is 2.21. The van der Waals surface area contributed by atoms with Crippen LogP contribution in [-0.4, -0.2) is 69.8 Å². The van der Waals surface area contributed by atoms with Crippen LogP contribution in [0.1, 0.15) is 75.9 Å². The molecule has 0 saturated carbocycles. The topological polar surface area (TPSA) is 228 Å². The van der Waals surface area contributed by atoms with Gasteiger partial charge in [0.1, 0.15) is 24.4 Å². The first kappa shape index (κ1) is 47.3. The Balaban J connectivity index is 0.000000320. The molecule has 320 valence electrons. The van der Waals surface area contributed by atoms with Crippen LogP contribution in [0.3, 0.4) is 0 Å². The number of aliphatic carboxylic acids is 2. The molecule has 0 fully saturated rings. The van der Waals surface area contributed by atoms with E-state index < -0.39 is 71.7 Å².